The Morgan fingerprint density at radius 1 is 1.09 bits per heavy atom. The summed E-state index contributed by atoms with van der Waals surface area (Å²) in [5, 5.41) is 8.52. The molecule has 4 atom stereocenters. The van der Waals surface area contributed by atoms with Crippen LogP contribution in [0.2, 0.25) is 0 Å². The van der Waals surface area contributed by atoms with Crippen molar-refractivity contribution in [1.82, 2.24) is 15.5 Å². The van der Waals surface area contributed by atoms with Crippen LogP contribution in [-0.2, 0) is 20.8 Å². The molecule has 1 saturated carbocycles. The molecule has 1 aliphatic carbocycles. The van der Waals surface area contributed by atoms with Crippen LogP contribution in [0.15, 0.2) is 58.3 Å². The van der Waals surface area contributed by atoms with E-state index in [2.05, 4.69) is 29.8 Å². The second-order valence-corrected chi connectivity index (χ2v) is 14.6. The van der Waals surface area contributed by atoms with Gasteiger partial charge in [0.05, 0.1) is 16.2 Å². The van der Waals surface area contributed by atoms with Gasteiger partial charge in [-0.25, -0.2) is 13.2 Å². The molecule has 0 aromatic heterocycles. The number of halogens is 3. The molecule has 0 unspecified atom stereocenters. The Balaban J connectivity index is 1.45. The van der Waals surface area contributed by atoms with Gasteiger partial charge in [-0.1, -0.05) is 19.9 Å². The van der Waals surface area contributed by atoms with Gasteiger partial charge in [-0.05, 0) is 92.8 Å². The van der Waals surface area contributed by atoms with Gasteiger partial charge in [0, 0.05) is 29.2 Å². The number of nitrogens with zero attached hydrogens (tertiary/aromatic N) is 1. The summed E-state index contributed by atoms with van der Waals surface area (Å²) in [6, 6.07) is 9.24. The van der Waals surface area contributed by atoms with E-state index < -0.39 is 33.6 Å². The second kappa shape index (κ2) is 13.9. The summed E-state index contributed by atoms with van der Waals surface area (Å²) in [7, 11) is -3.64. The summed E-state index contributed by atoms with van der Waals surface area (Å²) in [6.07, 6.45) is -0.316. The van der Waals surface area contributed by atoms with Crippen LogP contribution in [0.3, 0.4) is 0 Å². The fraction of sp³-hybridized carbons (Fsp3) is 0.533. The molecule has 2 fully saturated rings. The quantitative estimate of drug-likeness (QED) is 0.300. The number of benzene rings is 2. The number of rotatable bonds is 10. The predicted molar refractivity (Wildman–Crippen MR) is 162 cm³/mol. The van der Waals surface area contributed by atoms with E-state index in [0.717, 1.165) is 30.0 Å². The highest BCUT2D eigenvalue weighted by atomic mass is 32.2. The van der Waals surface area contributed by atoms with Crippen LogP contribution in [0.25, 0.3) is 0 Å². The molecular weight excluding hydrogens is 601 g/mol. The van der Waals surface area contributed by atoms with Crippen molar-refractivity contribution in [3.05, 3.63) is 54.1 Å². The zero-order valence-corrected chi connectivity index (χ0v) is 26.1. The van der Waals surface area contributed by atoms with Crippen molar-refractivity contribution in [2.75, 3.05) is 30.4 Å². The van der Waals surface area contributed by atoms with E-state index in [0.29, 0.717) is 31.7 Å². The zero-order chi connectivity index (χ0) is 31.4. The second-order valence-electron chi connectivity index (χ2n) is 11.6. The molecule has 0 bridgehead atoms. The number of anilines is 1. The largest absolute Gasteiger partial charge is 0.416 e. The SMILES string of the molecule is CSc1ccc(S(=O)(=O)C[C@@H]2C[C@H](NCC(C)C)CC[C@@H]2N2CC[C@H](NC(=O)Nc3cccc(C(F)(F)F)c3)C2=O)cc1. The molecule has 0 spiro atoms. The van der Waals surface area contributed by atoms with E-state index in [4.69, 9.17) is 0 Å². The lowest BCUT2D eigenvalue weighted by Crippen LogP contribution is -2.52. The molecule has 236 valence electrons. The highest BCUT2D eigenvalue weighted by molar-refractivity contribution is 7.98. The Kier molecular flexibility index (Phi) is 10.7. The molecule has 4 rings (SSSR count). The summed E-state index contributed by atoms with van der Waals surface area (Å²) in [5.74, 6) is -0.299. The smallest absolute Gasteiger partial charge is 0.338 e. The normalized spacial score (nSPS) is 23.0. The Morgan fingerprint density at radius 2 is 1.81 bits per heavy atom. The molecule has 13 heteroatoms. The van der Waals surface area contributed by atoms with Gasteiger partial charge >= 0.3 is 12.2 Å². The lowest BCUT2D eigenvalue weighted by Gasteiger charge is -2.41. The van der Waals surface area contributed by atoms with Gasteiger partial charge in [0.25, 0.3) is 0 Å². The van der Waals surface area contributed by atoms with Gasteiger partial charge < -0.3 is 20.9 Å². The van der Waals surface area contributed by atoms with Crippen molar-refractivity contribution < 1.29 is 31.2 Å². The zero-order valence-electron chi connectivity index (χ0n) is 24.5. The third kappa shape index (κ3) is 8.66. The maximum atomic E-state index is 13.5. The minimum atomic E-state index is -4.55. The van der Waals surface area contributed by atoms with Crippen LogP contribution < -0.4 is 16.0 Å². The molecule has 1 heterocycles. The van der Waals surface area contributed by atoms with Crippen molar-refractivity contribution in [3.8, 4) is 0 Å². The first-order valence-electron chi connectivity index (χ1n) is 14.4. The Bertz CT molecular complexity index is 1390. The van der Waals surface area contributed by atoms with E-state index in [-0.39, 0.29) is 40.2 Å². The van der Waals surface area contributed by atoms with Crippen LogP contribution in [0.5, 0.6) is 0 Å². The molecule has 3 amide bonds. The van der Waals surface area contributed by atoms with Gasteiger partial charge in [-0.2, -0.15) is 13.2 Å². The molecule has 2 aliphatic rings. The third-order valence-corrected chi connectivity index (χ3v) is 10.6. The van der Waals surface area contributed by atoms with Crippen LogP contribution >= 0.6 is 11.8 Å². The monoisotopic (exact) mass is 640 g/mol. The molecule has 8 nitrogen and oxygen atoms in total. The van der Waals surface area contributed by atoms with Crippen LogP contribution in [0, 0.1) is 11.8 Å². The number of urea groups is 1. The average molecular weight is 641 g/mol. The lowest BCUT2D eigenvalue weighted by atomic mass is 9.81. The summed E-state index contributed by atoms with van der Waals surface area (Å²) in [6.45, 7) is 5.37. The minimum absolute atomic E-state index is 0.0438. The Morgan fingerprint density at radius 3 is 2.47 bits per heavy atom. The number of likely N-dealkylation sites (tertiary alicyclic amines) is 1. The minimum Gasteiger partial charge on any atom is -0.338 e. The molecule has 2 aromatic carbocycles. The summed E-state index contributed by atoms with van der Waals surface area (Å²) >= 11 is 1.53. The Hall–Kier alpha value is -2.77. The number of hydrogen-bond donors (Lipinski definition) is 3. The maximum Gasteiger partial charge on any atom is 0.416 e. The van der Waals surface area contributed by atoms with Crippen molar-refractivity contribution in [3.63, 3.8) is 0 Å². The van der Waals surface area contributed by atoms with Gasteiger partial charge in [-0.3, -0.25) is 4.79 Å². The average Bonchev–Trinajstić information content (AvgIpc) is 3.30. The van der Waals surface area contributed by atoms with Gasteiger partial charge in [0.2, 0.25) is 5.91 Å². The van der Waals surface area contributed by atoms with E-state index in [1.54, 1.807) is 29.2 Å². The van der Waals surface area contributed by atoms with Gasteiger partial charge in [0.1, 0.15) is 6.04 Å². The first kappa shape index (κ1) is 33.1. The molecule has 1 aliphatic heterocycles. The lowest BCUT2D eigenvalue weighted by molar-refractivity contribution is -0.137. The van der Waals surface area contributed by atoms with Crippen molar-refractivity contribution >= 4 is 39.2 Å². The van der Waals surface area contributed by atoms with Crippen molar-refractivity contribution in [2.24, 2.45) is 11.8 Å². The summed E-state index contributed by atoms with van der Waals surface area (Å²) in [4.78, 5) is 29.0. The first-order valence-corrected chi connectivity index (χ1v) is 17.3. The molecule has 3 N–H and O–H groups in total. The molecule has 1 saturated heterocycles. The van der Waals surface area contributed by atoms with Crippen LogP contribution in [0.1, 0.15) is 45.1 Å². The number of carbonyl (C=O) groups excluding carboxylic acids is 2. The van der Waals surface area contributed by atoms with E-state index in [9.17, 15) is 31.2 Å². The number of alkyl halides is 3. The Labute approximate surface area is 255 Å². The number of carbonyl (C=O) groups is 2. The van der Waals surface area contributed by atoms with Crippen molar-refractivity contribution in [2.45, 2.75) is 73.6 Å². The van der Waals surface area contributed by atoms with Crippen LogP contribution in [0.4, 0.5) is 23.7 Å². The van der Waals surface area contributed by atoms with E-state index >= 15 is 0 Å². The number of amides is 3. The standard InChI is InChI=1S/C30H39F3N4O4S2/c1-19(2)17-34-22-7-12-27(20(15-22)18-43(40,41)25-10-8-24(42-3)9-11-25)37-14-13-26(28(37)38)36-29(39)35-23-6-4-5-21(16-23)30(31,32)33/h4-6,8-11,16,19-20,22,26-27,34H,7,12-15,17-18H2,1-3H3,(H2,35,36,39)/t20-,22+,26-,27-/m0/s1. The summed E-state index contributed by atoms with van der Waals surface area (Å²) < 4.78 is 66.2. The highest BCUT2D eigenvalue weighted by Crippen LogP contribution is 2.34. The van der Waals surface area contributed by atoms with Gasteiger partial charge in [-0.15, -0.1) is 11.8 Å². The van der Waals surface area contributed by atoms with Crippen molar-refractivity contribution in [1.29, 1.82) is 0 Å². The fourth-order valence-electron chi connectivity index (χ4n) is 5.85. The number of sulfone groups is 1. The number of hydrogen-bond acceptors (Lipinski definition) is 6. The van der Waals surface area contributed by atoms with E-state index in [1.807, 2.05) is 6.26 Å². The van der Waals surface area contributed by atoms with E-state index in [1.165, 1.54) is 23.9 Å². The summed E-state index contributed by atoms with van der Waals surface area (Å²) in [5.41, 5.74) is -0.939. The first-order chi connectivity index (χ1) is 20.3. The van der Waals surface area contributed by atoms with Gasteiger partial charge in [0.15, 0.2) is 9.84 Å². The number of thioether (sulfide) groups is 1. The predicted octanol–water partition coefficient (Wildman–Crippen LogP) is 5.41. The topological polar surface area (TPSA) is 108 Å². The maximum absolute atomic E-state index is 13.5. The molecular formula is C30H39F3N4O4S2. The highest BCUT2D eigenvalue weighted by Gasteiger charge is 2.43. The molecule has 43 heavy (non-hydrogen) atoms. The molecule has 0 radical (unpaired) electrons. The fourth-order valence-corrected chi connectivity index (χ4v) is 7.92. The number of nitrogens with one attached hydrogen (secondary N) is 3. The third-order valence-electron chi connectivity index (χ3n) is 8.00. The molecule has 2 aromatic rings. The van der Waals surface area contributed by atoms with Crippen LogP contribution in [-0.4, -0.2) is 68.5 Å².